The van der Waals surface area contributed by atoms with E-state index in [1.54, 1.807) is 0 Å². The molecule has 2 bridgehead atoms. The number of H-pyrrole nitrogens is 1. The molecule has 5 heteroatoms. The SMILES string of the molecule is O=C1C[C@@H]2C[C@H]1n1c3ccccc3c3c4c[nH]c(O)c4c4c5ccccc5n2c4c31. The summed E-state index contributed by atoms with van der Waals surface area (Å²) >= 11 is 0. The van der Waals surface area contributed by atoms with Crippen LogP contribution in [0.25, 0.3) is 54.4 Å². The van der Waals surface area contributed by atoms with Crippen LogP contribution in [0.2, 0.25) is 0 Å². The average Bonchev–Trinajstić information content (AvgIpc) is 3.46. The summed E-state index contributed by atoms with van der Waals surface area (Å²) in [4.78, 5) is 16.2. The number of carbonyl (C=O) groups excluding carboxylic acids is 1. The van der Waals surface area contributed by atoms with Crippen LogP contribution in [0.15, 0.2) is 54.7 Å². The quantitative estimate of drug-likeness (QED) is 0.357. The highest BCUT2D eigenvalue weighted by atomic mass is 16.3. The fourth-order valence-corrected chi connectivity index (χ4v) is 6.37. The minimum absolute atomic E-state index is 0.135. The summed E-state index contributed by atoms with van der Waals surface area (Å²) in [5.74, 6) is 0.522. The molecule has 5 nitrogen and oxygen atoms in total. The number of nitrogens with one attached hydrogen (secondary N) is 1. The largest absolute Gasteiger partial charge is 0.494 e. The van der Waals surface area contributed by atoms with Gasteiger partial charge in [0.25, 0.3) is 0 Å². The number of aromatic hydroxyl groups is 1. The molecule has 0 saturated heterocycles. The highest BCUT2D eigenvalue weighted by molar-refractivity contribution is 6.37. The molecule has 6 aromatic rings. The topological polar surface area (TPSA) is 62.9 Å². The Balaban J connectivity index is 1.85. The molecule has 2 aliphatic rings. The summed E-state index contributed by atoms with van der Waals surface area (Å²) in [6, 6.07) is 16.8. The molecule has 1 saturated carbocycles. The second-order valence-corrected chi connectivity index (χ2v) is 8.72. The zero-order valence-corrected chi connectivity index (χ0v) is 16.0. The van der Waals surface area contributed by atoms with Gasteiger partial charge in [0, 0.05) is 56.6 Å². The van der Waals surface area contributed by atoms with Crippen molar-refractivity contribution in [3.8, 4) is 5.88 Å². The third-order valence-electron chi connectivity index (χ3n) is 7.40. The van der Waals surface area contributed by atoms with Crippen LogP contribution >= 0.6 is 0 Å². The highest BCUT2D eigenvalue weighted by Gasteiger charge is 2.41. The molecule has 1 fully saturated rings. The van der Waals surface area contributed by atoms with E-state index in [4.69, 9.17) is 0 Å². The van der Waals surface area contributed by atoms with Crippen molar-refractivity contribution in [3.63, 3.8) is 0 Å². The van der Waals surface area contributed by atoms with Crippen molar-refractivity contribution in [2.75, 3.05) is 0 Å². The van der Waals surface area contributed by atoms with Crippen LogP contribution in [-0.4, -0.2) is 25.0 Å². The number of carbonyl (C=O) groups is 1. The Hall–Kier alpha value is -3.73. The van der Waals surface area contributed by atoms with E-state index in [-0.39, 0.29) is 18.0 Å². The van der Waals surface area contributed by atoms with Gasteiger partial charge in [0.05, 0.1) is 22.5 Å². The van der Waals surface area contributed by atoms with Crippen molar-refractivity contribution in [2.45, 2.75) is 24.9 Å². The molecule has 8 rings (SSSR count). The molecule has 0 unspecified atom stereocenters. The second kappa shape index (κ2) is 4.70. The molecule has 2 atom stereocenters. The van der Waals surface area contributed by atoms with Crippen molar-refractivity contribution >= 4 is 60.2 Å². The average molecular weight is 391 g/mol. The molecule has 1 aliphatic carbocycles. The Morgan fingerprint density at radius 1 is 0.833 bits per heavy atom. The lowest BCUT2D eigenvalue weighted by atomic mass is 10.0. The van der Waals surface area contributed by atoms with Crippen LogP contribution in [0.4, 0.5) is 0 Å². The van der Waals surface area contributed by atoms with Crippen molar-refractivity contribution in [3.05, 3.63) is 54.7 Å². The summed E-state index contributed by atoms with van der Waals surface area (Å²) in [7, 11) is 0. The maximum Gasteiger partial charge on any atom is 0.197 e. The van der Waals surface area contributed by atoms with Gasteiger partial charge in [-0.05, 0) is 18.6 Å². The number of rotatable bonds is 0. The van der Waals surface area contributed by atoms with Crippen molar-refractivity contribution in [2.24, 2.45) is 0 Å². The monoisotopic (exact) mass is 391 g/mol. The molecular weight excluding hydrogens is 374 g/mol. The minimum Gasteiger partial charge on any atom is -0.494 e. The summed E-state index contributed by atoms with van der Waals surface area (Å²) < 4.78 is 4.68. The maximum atomic E-state index is 13.2. The Labute approximate surface area is 170 Å². The van der Waals surface area contributed by atoms with Crippen molar-refractivity contribution < 1.29 is 9.90 Å². The second-order valence-electron chi connectivity index (χ2n) is 8.72. The van der Waals surface area contributed by atoms with Gasteiger partial charge in [0.15, 0.2) is 11.7 Å². The van der Waals surface area contributed by atoms with Crippen LogP contribution in [0.5, 0.6) is 5.88 Å². The molecule has 0 radical (unpaired) electrons. The van der Waals surface area contributed by atoms with Gasteiger partial charge >= 0.3 is 0 Å². The first-order valence-electron chi connectivity index (χ1n) is 10.4. The van der Waals surface area contributed by atoms with Gasteiger partial charge in [0.1, 0.15) is 0 Å². The predicted octanol–water partition coefficient (Wildman–Crippen LogP) is 5.55. The fourth-order valence-electron chi connectivity index (χ4n) is 6.37. The van der Waals surface area contributed by atoms with Gasteiger partial charge in [-0.1, -0.05) is 36.4 Å². The van der Waals surface area contributed by atoms with Gasteiger partial charge in [-0.15, -0.1) is 0 Å². The highest BCUT2D eigenvalue weighted by Crippen LogP contribution is 2.53. The van der Waals surface area contributed by atoms with E-state index in [2.05, 4.69) is 56.6 Å². The number of ketones is 1. The van der Waals surface area contributed by atoms with Gasteiger partial charge < -0.3 is 19.2 Å². The van der Waals surface area contributed by atoms with E-state index >= 15 is 0 Å². The zero-order valence-electron chi connectivity index (χ0n) is 16.0. The molecule has 3 aromatic carbocycles. The molecule has 30 heavy (non-hydrogen) atoms. The first kappa shape index (κ1) is 15.2. The van der Waals surface area contributed by atoms with Gasteiger partial charge in [-0.3, -0.25) is 4.79 Å². The van der Waals surface area contributed by atoms with E-state index in [0.29, 0.717) is 12.2 Å². The van der Waals surface area contributed by atoms with Gasteiger partial charge in [-0.25, -0.2) is 0 Å². The van der Waals surface area contributed by atoms with Gasteiger partial charge in [-0.2, -0.15) is 0 Å². The lowest BCUT2D eigenvalue weighted by Gasteiger charge is -2.15. The number of para-hydroxylation sites is 2. The van der Waals surface area contributed by atoms with E-state index in [1.165, 1.54) is 0 Å². The Morgan fingerprint density at radius 2 is 1.50 bits per heavy atom. The first-order chi connectivity index (χ1) is 14.7. The number of Topliss-reactive ketones (excluding diaryl/α,β-unsaturated/α-hetero) is 1. The normalized spacial score (nSPS) is 20.6. The first-order valence-corrected chi connectivity index (χ1v) is 10.4. The number of aromatic amines is 1. The molecule has 3 aromatic heterocycles. The standard InChI is InChI=1S/C25H17N3O2/c29-19-10-12-9-18(19)28-17-8-4-1-5-13(17)20-15-11-26-25(30)22(15)21-14-6-2-3-7-16(14)27(12)24(21)23(20)28/h1-8,11-12,18,26,30H,9-10H2/t12-,18+/m0/s1. The number of hydrogen-bond donors (Lipinski definition) is 2. The Kier molecular flexibility index (Phi) is 2.37. The fraction of sp³-hybridized carbons (Fsp3) is 0.160. The molecule has 0 spiro atoms. The van der Waals surface area contributed by atoms with Crippen LogP contribution in [0, 0.1) is 0 Å². The van der Waals surface area contributed by atoms with Gasteiger partial charge in [0.2, 0.25) is 0 Å². The summed E-state index contributed by atoms with van der Waals surface area (Å²) in [5, 5.41) is 17.2. The molecular formula is C25H17N3O2. The number of benzene rings is 3. The molecule has 0 amide bonds. The van der Waals surface area contributed by atoms with Crippen LogP contribution in [0.3, 0.4) is 0 Å². The van der Waals surface area contributed by atoms with Crippen LogP contribution in [0.1, 0.15) is 24.9 Å². The molecule has 2 N–H and O–H groups in total. The number of hydrogen-bond acceptors (Lipinski definition) is 2. The van der Waals surface area contributed by atoms with E-state index < -0.39 is 0 Å². The molecule has 1 aliphatic heterocycles. The predicted molar refractivity (Wildman–Crippen MR) is 118 cm³/mol. The van der Waals surface area contributed by atoms with Crippen molar-refractivity contribution in [1.29, 1.82) is 0 Å². The summed E-state index contributed by atoms with van der Waals surface area (Å²) in [6.07, 6.45) is 3.29. The third kappa shape index (κ3) is 1.45. The number of nitrogens with zero attached hydrogens (tertiary/aromatic N) is 2. The number of fused-ring (bicyclic) bond motifs is 13. The zero-order chi connectivity index (χ0) is 19.7. The van der Waals surface area contributed by atoms with Crippen LogP contribution in [-0.2, 0) is 4.79 Å². The van der Waals surface area contributed by atoms with E-state index in [1.807, 2.05) is 12.3 Å². The van der Waals surface area contributed by atoms with E-state index in [0.717, 1.165) is 60.8 Å². The van der Waals surface area contributed by atoms with Crippen LogP contribution < -0.4 is 0 Å². The lowest BCUT2D eigenvalue weighted by Crippen LogP contribution is -2.13. The maximum absolute atomic E-state index is 13.2. The molecule has 4 heterocycles. The van der Waals surface area contributed by atoms with E-state index in [9.17, 15) is 9.90 Å². The van der Waals surface area contributed by atoms with Crippen molar-refractivity contribution in [1.82, 2.24) is 14.1 Å². The number of aromatic nitrogens is 3. The third-order valence-corrected chi connectivity index (χ3v) is 7.40. The lowest BCUT2D eigenvalue weighted by molar-refractivity contribution is -0.120. The minimum atomic E-state index is -0.135. The summed E-state index contributed by atoms with van der Waals surface area (Å²) in [5.41, 5.74) is 4.50. The smallest absolute Gasteiger partial charge is 0.197 e. The molecule has 144 valence electrons. The summed E-state index contributed by atoms with van der Waals surface area (Å²) in [6.45, 7) is 0. The Morgan fingerprint density at radius 3 is 2.30 bits per heavy atom. The Bertz CT molecular complexity index is 1750.